The van der Waals surface area contributed by atoms with E-state index in [-0.39, 0.29) is 24.1 Å². The predicted molar refractivity (Wildman–Crippen MR) is 126 cm³/mol. The van der Waals surface area contributed by atoms with Crippen LogP contribution in [0.2, 0.25) is 5.02 Å². The van der Waals surface area contributed by atoms with Crippen molar-refractivity contribution in [3.8, 4) is 5.75 Å². The number of benzene rings is 3. The van der Waals surface area contributed by atoms with Crippen molar-refractivity contribution in [2.45, 2.75) is 20.4 Å². The van der Waals surface area contributed by atoms with E-state index in [1.54, 1.807) is 31.4 Å². The Morgan fingerprint density at radius 2 is 1.66 bits per heavy atom. The lowest BCUT2D eigenvalue weighted by Gasteiger charge is -2.16. The number of rotatable bonds is 6. The van der Waals surface area contributed by atoms with Crippen LogP contribution >= 0.6 is 11.6 Å². The number of methoxy groups -OCH3 is 1. The van der Waals surface area contributed by atoms with Gasteiger partial charge >= 0.3 is 0 Å². The zero-order valence-electron chi connectivity index (χ0n) is 18.1. The average Bonchev–Trinajstić information content (AvgIpc) is 3.01. The molecule has 3 aromatic rings. The lowest BCUT2D eigenvalue weighted by atomic mass is 10.0. The Kier molecular flexibility index (Phi) is 6.01. The largest absolute Gasteiger partial charge is 0.496 e. The van der Waals surface area contributed by atoms with Crippen LogP contribution in [-0.4, -0.2) is 23.8 Å². The summed E-state index contributed by atoms with van der Waals surface area (Å²) in [5.41, 5.74) is 4.71. The standard InChI is InChI=1S/C26H23ClN2O3/c1-16-8-9-17(2)21(14-16)28-24-23(20-6-4-5-7-22(20)32-3)25(30)29(26(24)31)15-18-10-12-19(27)13-11-18/h4-14,28H,15H2,1-3H3. The Bertz CT molecular complexity index is 1230. The second kappa shape index (κ2) is 8.89. The van der Waals surface area contributed by atoms with Gasteiger partial charge in [0.15, 0.2) is 0 Å². The van der Waals surface area contributed by atoms with E-state index < -0.39 is 0 Å². The summed E-state index contributed by atoms with van der Waals surface area (Å²) in [7, 11) is 1.55. The predicted octanol–water partition coefficient (Wildman–Crippen LogP) is 5.36. The fraction of sp³-hybridized carbons (Fsp3) is 0.154. The van der Waals surface area contributed by atoms with Crippen molar-refractivity contribution in [1.29, 1.82) is 0 Å². The van der Waals surface area contributed by atoms with Gasteiger partial charge in [-0.25, -0.2) is 0 Å². The third-order valence-electron chi connectivity index (χ3n) is 5.45. The maximum Gasteiger partial charge on any atom is 0.278 e. The lowest BCUT2D eigenvalue weighted by molar-refractivity contribution is -0.137. The summed E-state index contributed by atoms with van der Waals surface area (Å²) in [5.74, 6) is -0.230. The van der Waals surface area contributed by atoms with Gasteiger partial charge in [-0.2, -0.15) is 0 Å². The number of aryl methyl sites for hydroxylation is 2. The molecule has 0 bridgehead atoms. The van der Waals surface area contributed by atoms with Crippen molar-refractivity contribution in [2.24, 2.45) is 0 Å². The monoisotopic (exact) mass is 446 g/mol. The quantitative estimate of drug-likeness (QED) is 0.518. The summed E-state index contributed by atoms with van der Waals surface area (Å²) < 4.78 is 5.49. The van der Waals surface area contributed by atoms with E-state index in [0.29, 0.717) is 21.9 Å². The van der Waals surface area contributed by atoms with Crippen LogP contribution in [0.5, 0.6) is 5.75 Å². The Hall–Kier alpha value is -3.57. The molecular formula is C26H23ClN2O3. The smallest absolute Gasteiger partial charge is 0.278 e. The van der Waals surface area contributed by atoms with Crippen LogP contribution in [0.25, 0.3) is 5.57 Å². The first-order valence-electron chi connectivity index (χ1n) is 10.2. The van der Waals surface area contributed by atoms with E-state index >= 15 is 0 Å². The summed E-state index contributed by atoms with van der Waals surface area (Å²) in [4.78, 5) is 28.3. The highest BCUT2D eigenvalue weighted by atomic mass is 35.5. The molecule has 0 aromatic heterocycles. The molecule has 162 valence electrons. The van der Waals surface area contributed by atoms with Crippen LogP contribution in [-0.2, 0) is 16.1 Å². The first kappa shape index (κ1) is 21.7. The van der Waals surface area contributed by atoms with Gasteiger partial charge in [0.1, 0.15) is 11.4 Å². The molecular weight excluding hydrogens is 424 g/mol. The minimum atomic E-state index is -0.383. The summed E-state index contributed by atoms with van der Waals surface area (Å²) in [6, 6.07) is 20.3. The molecule has 1 aliphatic rings. The number of ether oxygens (including phenoxy) is 1. The SMILES string of the molecule is COc1ccccc1C1=C(Nc2cc(C)ccc2C)C(=O)N(Cc2ccc(Cl)cc2)C1=O. The first-order valence-corrected chi connectivity index (χ1v) is 10.6. The number of imide groups is 1. The molecule has 1 heterocycles. The molecule has 0 unspecified atom stereocenters. The van der Waals surface area contributed by atoms with Crippen molar-refractivity contribution < 1.29 is 14.3 Å². The van der Waals surface area contributed by atoms with Crippen LogP contribution in [0.15, 0.2) is 72.4 Å². The third-order valence-corrected chi connectivity index (χ3v) is 5.70. The van der Waals surface area contributed by atoms with E-state index in [0.717, 1.165) is 22.4 Å². The van der Waals surface area contributed by atoms with E-state index in [1.807, 2.05) is 56.3 Å². The maximum absolute atomic E-state index is 13.5. The Balaban J connectivity index is 1.80. The van der Waals surface area contributed by atoms with Gasteiger partial charge in [-0.1, -0.05) is 54.1 Å². The topological polar surface area (TPSA) is 58.6 Å². The van der Waals surface area contributed by atoms with Crippen LogP contribution in [0.1, 0.15) is 22.3 Å². The second-order valence-corrected chi connectivity index (χ2v) is 8.15. The van der Waals surface area contributed by atoms with Gasteiger partial charge in [0, 0.05) is 16.3 Å². The molecule has 0 radical (unpaired) electrons. The number of carbonyl (C=O) groups excluding carboxylic acids is 2. The van der Waals surface area contributed by atoms with Crippen LogP contribution in [0, 0.1) is 13.8 Å². The van der Waals surface area contributed by atoms with Crippen molar-refractivity contribution in [1.82, 2.24) is 4.90 Å². The number of halogens is 1. The van der Waals surface area contributed by atoms with Gasteiger partial charge in [0.25, 0.3) is 11.8 Å². The van der Waals surface area contributed by atoms with Crippen molar-refractivity contribution in [3.05, 3.63) is 99.7 Å². The molecule has 5 nitrogen and oxygen atoms in total. The molecule has 1 aliphatic heterocycles. The molecule has 0 saturated carbocycles. The summed E-state index contributed by atoms with van der Waals surface area (Å²) in [5, 5.41) is 3.84. The molecule has 0 aliphatic carbocycles. The van der Waals surface area contributed by atoms with E-state index in [2.05, 4.69) is 5.32 Å². The molecule has 0 atom stereocenters. The van der Waals surface area contributed by atoms with Crippen LogP contribution in [0.4, 0.5) is 5.69 Å². The fourth-order valence-electron chi connectivity index (χ4n) is 3.71. The highest BCUT2D eigenvalue weighted by molar-refractivity contribution is 6.37. The van der Waals surface area contributed by atoms with E-state index in [1.165, 1.54) is 4.90 Å². The van der Waals surface area contributed by atoms with Crippen molar-refractivity contribution in [2.75, 3.05) is 12.4 Å². The van der Waals surface area contributed by atoms with Gasteiger partial charge in [0.2, 0.25) is 0 Å². The Morgan fingerprint density at radius 3 is 2.38 bits per heavy atom. The zero-order valence-corrected chi connectivity index (χ0v) is 18.9. The summed E-state index contributed by atoms with van der Waals surface area (Å²) in [6.07, 6.45) is 0. The molecule has 0 spiro atoms. The third kappa shape index (κ3) is 4.12. The number of para-hydroxylation sites is 1. The second-order valence-electron chi connectivity index (χ2n) is 7.72. The maximum atomic E-state index is 13.5. The fourth-order valence-corrected chi connectivity index (χ4v) is 3.84. The number of nitrogens with one attached hydrogen (secondary N) is 1. The summed E-state index contributed by atoms with van der Waals surface area (Å²) >= 11 is 5.98. The van der Waals surface area contributed by atoms with Gasteiger partial charge in [-0.3, -0.25) is 14.5 Å². The van der Waals surface area contributed by atoms with E-state index in [4.69, 9.17) is 16.3 Å². The van der Waals surface area contributed by atoms with Gasteiger partial charge < -0.3 is 10.1 Å². The molecule has 0 fully saturated rings. The normalized spacial score (nSPS) is 13.7. The molecule has 1 N–H and O–H groups in total. The van der Waals surface area contributed by atoms with Crippen molar-refractivity contribution >= 4 is 34.7 Å². The molecule has 2 amide bonds. The highest BCUT2D eigenvalue weighted by Gasteiger charge is 2.40. The van der Waals surface area contributed by atoms with Crippen LogP contribution in [0.3, 0.4) is 0 Å². The number of hydrogen-bond donors (Lipinski definition) is 1. The van der Waals surface area contributed by atoms with Crippen LogP contribution < -0.4 is 10.1 Å². The molecule has 6 heteroatoms. The number of amides is 2. The summed E-state index contributed by atoms with van der Waals surface area (Å²) in [6.45, 7) is 4.08. The highest BCUT2D eigenvalue weighted by Crippen LogP contribution is 2.36. The molecule has 4 rings (SSSR count). The Morgan fingerprint density at radius 1 is 0.938 bits per heavy atom. The molecule has 0 saturated heterocycles. The van der Waals surface area contributed by atoms with Gasteiger partial charge in [-0.15, -0.1) is 0 Å². The average molecular weight is 447 g/mol. The molecule has 3 aromatic carbocycles. The number of nitrogens with zero attached hydrogens (tertiary/aromatic N) is 1. The Labute approximate surface area is 192 Å². The number of anilines is 1. The number of carbonyl (C=O) groups is 2. The van der Waals surface area contributed by atoms with Gasteiger partial charge in [-0.05, 0) is 54.8 Å². The lowest BCUT2D eigenvalue weighted by Crippen LogP contribution is -2.32. The number of hydrogen-bond acceptors (Lipinski definition) is 4. The van der Waals surface area contributed by atoms with Crippen molar-refractivity contribution in [3.63, 3.8) is 0 Å². The first-order chi connectivity index (χ1) is 15.4. The zero-order chi connectivity index (χ0) is 22.8. The molecule has 32 heavy (non-hydrogen) atoms. The minimum Gasteiger partial charge on any atom is -0.496 e. The minimum absolute atomic E-state index is 0.144. The van der Waals surface area contributed by atoms with Gasteiger partial charge in [0.05, 0.1) is 19.2 Å². The van der Waals surface area contributed by atoms with E-state index in [9.17, 15) is 9.59 Å².